The number of nitrogens with zero attached hydrogens (tertiary/aromatic N) is 2. The van der Waals surface area contributed by atoms with Gasteiger partial charge in [0.25, 0.3) is 0 Å². The van der Waals surface area contributed by atoms with Crippen LogP contribution in [0.4, 0.5) is 0 Å². The van der Waals surface area contributed by atoms with Crippen molar-refractivity contribution in [2.75, 3.05) is 39.3 Å². The number of piperazine rings is 1. The molecular formula is C13H25N3O2. The van der Waals surface area contributed by atoms with Gasteiger partial charge in [-0.15, -0.1) is 0 Å². The first-order chi connectivity index (χ1) is 8.65. The van der Waals surface area contributed by atoms with Crippen molar-refractivity contribution in [3.8, 4) is 0 Å². The Bertz CT molecular complexity index is 282. The highest BCUT2D eigenvalue weighted by atomic mass is 16.3. The summed E-state index contributed by atoms with van der Waals surface area (Å²) < 4.78 is 0. The standard InChI is InChI=1S/C13H25N3O2/c14-13(4-2-1-3-5-13)12(18)16-8-6-15(7-9-16)10-11-17/h17H,1-11,14H2. The number of carbonyl (C=O) groups is 1. The Labute approximate surface area is 109 Å². The molecule has 0 bridgehead atoms. The largest absolute Gasteiger partial charge is 0.395 e. The molecule has 1 aliphatic heterocycles. The lowest BCUT2D eigenvalue weighted by atomic mass is 9.81. The monoisotopic (exact) mass is 255 g/mol. The summed E-state index contributed by atoms with van der Waals surface area (Å²) in [5, 5.41) is 8.90. The van der Waals surface area contributed by atoms with E-state index in [9.17, 15) is 4.79 Å². The minimum atomic E-state index is -0.600. The molecule has 1 aliphatic carbocycles. The van der Waals surface area contributed by atoms with E-state index in [-0.39, 0.29) is 12.5 Å². The predicted octanol–water partition coefficient (Wildman–Crippen LogP) is -0.215. The number of aliphatic hydroxyl groups is 1. The van der Waals surface area contributed by atoms with Crippen LogP contribution in [-0.2, 0) is 4.79 Å². The zero-order valence-electron chi connectivity index (χ0n) is 11.1. The van der Waals surface area contributed by atoms with Crippen molar-refractivity contribution in [1.29, 1.82) is 0 Å². The number of rotatable bonds is 3. The maximum atomic E-state index is 12.5. The SMILES string of the molecule is NC1(C(=O)N2CCN(CCO)CC2)CCCCC1. The van der Waals surface area contributed by atoms with Crippen LogP contribution in [0.2, 0.25) is 0 Å². The second-order valence-electron chi connectivity index (χ2n) is 5.57. The number of aliphatic hydroxyl groups excluding tert-OH is 1. The van der Waals surface area contributed by atoms with E-state index in [1.54, 1.807) is 0 Å². The second kappa shape index (κ2) is 5.99. The van der Waals surface area contributed by atoms with E-state index in [0.717, 1.165) is 51.9 Å². The first-order valence-corrected chi connectivity index (χ1v) is 7.07. The van der Waals surface area contributed by atoms with Crippen LogP contribution in [0.15, 0.2) is 0 Å². The van der Waals surface area contributed by atoms with Crippen molar-refractivity contribution in [3.63, 3.8) is 0 Å². The van der Waals surface area contributed by atoms with Gasteiger partial charge in [0.05, 0.1) is 12.1 Å². The van der Waals surface area contributed by atoms with Gasteiger partial charge >= 0.3 is 0 Å². The average Bonchev–Trinajstić information content (AvgIpc) is 2.40. The van der Waals surface area contributed by atoms with Crippen LogP contribution in [0.3, 0.4) is 0 Å². The molecule has 1 saturated carbocycles. The van der Waals surface area contributed by atoms with Gasteiger partial charge in [-0.1, -0.05) is 19.3 Å². The average molecular weight is 255 g/mol. The quantitative estimate of drug-likeness (QED) is 0.732. The molecule has 1 saturated heterocycles. The molecule has 1 amide bonds. The van der Waals surface area contributed by atoms with E-state index in [2.05, 4.69) is 4.90 Å². The smallest absolute Gasteiger partial charge is 0.242 e. The van der Waals surface area contributed by atoms with Gasteiger partial charge in [-0.3, -0.25) is 9.69 Å². The molecule has 1 heterocycles. The topological polar surface area (TPSA) is 69.8 Å². The molecule has 0 aromatic heterocycles. The van der Waals surface area contributed by atoms with Gasteiger partial charge in [0.15, 0.2) is 0 Å². The number of amides is 1. The normalized spacial score (nSPS) is 25.1. The third-order valence-electron chi connectivity index (χ3n) is 4.25. The number of β-amino-alcohol motifs (C(OH)–C–C–N with tert-alkyl or cyclic N) is 1. The van der Waals surface area contributed by atoms with Crippen LogP contribution in [0, 0.1) is 0 Å². The fraction of sp³-hybridized carbons (Fsp3) is 0.923. The first kappa shape index (κ1) is 13.8. The molecule has 18 heavy (non-hydrogen) atoms. The lowest BCUT2D eigenvalue weighted by Crippen LogP contribution is -2.60. The predicted molar refractivity (Wildman–Crippen MR) is 70.1 cm³/mol. The van der Waals surface area contributed by atoms with E-state index in [4.69, 9.17) is 10.8 Å². The van der Waals surface area contributed by atoms with Gasteiger partial charge in [-0.25, -0.2) is 0 Å². The molecule has 2 rings (SSSR count). The first-order valence-electron chi connectivity index (χ1n) is 7.07. The van der Waals surface area contributed by atoms with Crippen LogP contribution in [0.5, 0.6) is 0 Å². The van der Waals surface area contributed by atoms with Crippen molar-refractivity contribution in [3.05, 3.63) is 0 Å². The minimum Gasteiger partial charge on any atom is -0.395 e. The zero-order valence-corrected chi connectivity index (χ0v) is 11.1. The van der Waals surface area contributed by atoms with Crippen LogP contribution in [-0.4, -0.2) is 65.7 Å². The van der Waals surface area contributed by atoms with Crippen molar-refractivity contribution in [2.24, 2.45) is 5.73 Å². The molecule has 0 unspecified atom stereocenters. The third-order valence-corrected chi connectivity index (χ3v) is 4.25. The summed E-state index contributed by atoms with van der Waals surface area (Å²) in [5.41, 5.74) is 5.68. The molecule has 0 atom stereocenters. The number of nitrogens with two attached hydrogens (primary N) is 1. The Kier molecular flexibility index (Phi) is 4.59. The summed E-state index contributed by atoms with van der Waals surface area (Å²) in [4.78, 5) is 16.6. The third kappa shape index (κ3) is 3.02. The number of carbonyl (C=O) groups excluding carboxylic acids is 1. The second-order valence-corrected chi connectivity index (χ2v) is 5.57. The van der Waals surface area contributed by atoms with Crippen molar-refractivity contribution in [2.45, 2.75) is 37.6 Å². The Balaban J connectivity index is 1.86. The van der Waals surface area contributed by atoms with Gasteiger partial charge in [-0.05, 0) is 12.8 Å². The molecule has 2 aliphatic rings. The fourth-order valence-corrected chi connectivity index (χ4v) is 3.03. The molecule has 3 N–H and O–H groups in total. The lowest BCUT2D eigenvalue weighted by Gasteiger charge is -2.40. The highest BCUT2D eigenvalue weighted by molar-refractivity contribution is 5.86. The molecule has 0 radical (unpaired) electrons. The molecule has 5 heteroatoms. The van der Waals surface area contributed by atoms with Gasteiger partial charge in [-0.2, -0.15) is 0 Å². The van der Waals surface area contributed by atoms with Crippen LogP contribution in [0.25, 0.3) is 0 Å². The highest BCUT2D eigenvalue weighted by Gasteiger charge is 2.38. The van der Waals surface area contributed by atoms with Crippen molar-refractivity contribution < 1.29 is 9.90 Å². The Morgan fingerprint density at radius 2 is 1.72 bits per heavy atom. The zero-order chi connectivity index (χ0) is 13.0. The molecule has 0 aromatic carbocycles. The Morgan fingerprint density at radius 1 is 1.11 bits per heavy atom. The maximum Gasteiger partial charge on any atom is 0.242 e. The van der Waals surface area contributed by atoms with Crippen molar-refractivity contribution >= 4 is 5.91 Å². The summed E-state index contributed by atoms with van der Waals surface area (Å²) in [6.45, 7) is 4.09. The van der Waals surface area contributed by atoms with Crippen molar-refractivity contribution in [1.82, 2.24) is 9.80 Å². The number of hydrogen-bond acceptors (Lipinski definition) is 4. The van der Waals surface area contributed by atoms with Gasteiger partial charge in [0, 0.05) is 32.7 Å². The molecule has 2 fully saturated rings. The maximum absolute atomic E-state index is 12.5. The van der Waals surface area contributed by atoms with Crippen LogP contribution in [0.1, 0.15) is 32.1 Å². The summed E-state index contributed by atoms with van der Waals surface area (Å²) in [6.07, 6.45) is 5.03. The lowest BCUT2D eigenvalue weighted by molar-refractivity contribution is -0.140. The Hall–Kier alpha value is -0.650. The van der Waals surface area contributed by atoms with E-state index in [1.807, 2.05) is 4.90 Å². The molecule has 0 spiro atoms. The summed E-state index contributed by atoms with van der Waals surface area (Å²) in [6, 6.07) is 0. The summed E-state index contributed by atoms with van der Waals surface area (Å²) >= 11 is 0. The van der Waals surface area contributed by atoms with Gasteiger partial charge in [0.1, 0.15) is 0 Å². The summed E-state index contributed by atoms with van der Waals surface area (Å²) in [7, 11) is 0. The molecule has 104 valence electrons. The highest BCUT2D eigenvalue weighted by Crippen LogP contribution is 2.28. The van der Waals surface area contributed by atoms with E-state index >= 15 is 0 Å². The number of hydrogen-bond donors (Lipinski definition) is 2. The van der Waals surface area contributed by atoms with Gasteiger partial charge < -0.3 is 15.7 Å². The van der Waals surface area contributed by atoms with E-state index < -0.39 is 5.54 Å². The molecule has 0 aromatic rings. The summed E-state index contributed by atoms with van der Waals surface area (Å²) in [5.74, 6) is 0.144. The van der Waals surface area contributed by atoms with Crippen LogP contribution >= 0.6 is 0 Å². The van der Waals surface area contributed by atoms with Gasteiger partial charge in [0.2, 0.25) is 5.91 Å². The van der Waals surface area contributed by atoms with E-state index in [0.29, 0.717) is 6.54 Å². The van der Waals surface area contributed by atoms with Crippen LogP contribution < -0.4 is 5.73 Å². The Morgan fingerprint density at radius 3 is 2.28 bits per heavy atom. The molecule has 5 nitrogen and oxygen atoms in total. The minimum absolute atomic E-state index is 0.144. The van der Waals surface area contributed by atoms with E-state index in [1.165, 1.54) is 6.42 Å². The fourth-order valence-electron chi connectivity index (χ4n) is 3.03. The molecular weight excluding hydrogens is 230 g/mol.